The average molecular weight is 379 g/mol. The van der Waals surface area contributed by atoms with Gasteiger partial charge in [-0.25, -0.2) is 9.59 Å². The third-order valence-electron chi connectivity index (χ3n) is 3.18. The molecule has 6 nitrogen and oxygen atoms in total. The van der Waals surface area contributed by atoms with Crippen molar-refractivity contribution in [2.45, 2.75) is 0 Å². The molecule has 2 aromatic rings. The van der Waals surface area contributed by atoms with Crippen LogP contribution in [-0.4, -0.2) is 31.3 Å². The lowest BCUT2D eigenvalue weighted by atomic mass is 10.1. The highest BCUT2D eigenvalue weighted by atomic mass is 35.5. The van der Waals surface area contributed by atoms with Crippen LogP contribution >= 0.6 is 23.8 Å². The molecule has 0 spiro atoms. The van der Waals surface area contributed by atoms with E-state index in [1.807, 2.05) is 0 Å². The molecule has 2 N–H and O–H groups in total. The lowest BCUT2D eigenvalue weighted by Crippen LogP contribution is -2.21. The number of rotatable bonds is 4. The van der Waals surface area contributed by atoms with Gasteiger partial charge in [0.15, 0.2) is 5.11 Å². The molecule has 0 heterocycles. The molecular weight excluding hydrogens is 364 g/mol. The number of esters is 2. The molecule has 0 fully saturated rings. The van der Waals surface area contributed by atoms with Crippen LogP contribution in [0.15, 0.2) is 42.5 Å². The Morgan fingerprint density at radius 1 is 1.00 bits per heavy atom. The summed E-state index contributed by atoms with van der Waals surface area (Å²) in [6, 6.07) is 11.4. The van der Waals surface area contributed by atoms with E-state index in [1.54, 1.807) is 24.3 Å². The first-order chi connectivity index (χ1) is 11.9. The average Bonchev–Trinajstić information content (AvgIpc) is 2.60. The van der Waals surface area contributed by atoms with Crippen molar-refractivity contribution in [3.05, 3.63) is 58.6 Å². The second kappa shape index (κ2) is 8.46. The predicted molar refractivity (Wildman–Crippen MR) is 100 cm³/mol. The van der Waals surface area contributed by atoms with Crippen LogP contribution in [0.5, 0.6) is 0 Å². The molecule has 0 bridgehead atoms. The Morgan fingerprint density at radius 3 is 2.36 bits per heavy atom. The van der Waals surface area contributed by atoms with Gasteiger partial charge in [-0.05, 0) is 48.6 Å². The number of thiocarbonyl (C=S) groups is 1. The molecule has 0 aliphatic rings. The van der Waals surface area contributed by atoms with Gasteiger partial charge in [-0.2, -0.15) is 0 Å². The fraction of sp³-hybridized carbons (Fsp3) is 0.118. The van der Waals surface area contributed by atoms with Crippen LogP contribution < -0.4 is 10.6 Å². The lowest BCUT2D eigenvalue weighted by Gasteiger charge is -2.14. The van der Waals surface area contributed by atoms with E-state index in [0.29, 0.717) is 16.4 Å². The zero-order chi connectivity index (χ0) is 18.4. The first-order valence-electron chi connectivity index (χ1n) is 7.09. The van der Waals surface area contributed by atoms with Gasteiger partial charge in [0.1, 0.15) is 0 Å². The highest BCUT2D eigenvalue weighted by Gasteiger charge is 2.16. The lowest BCUT2D eigenvalue weighted by molar-refractivity contribution is 0.0587. The maximum atomic E-state index is 11.9. The number of benzene rings is 2. The molecule has 2 rings (SSSR count). The Balaban J connectivity index is 2.27. The van der Waals surface area contributed by atoms with Crippen LogP contribution in [0.25, 0.3) is 0 Å². The van der Waals surface area contributed by atoms with E-state index in [2.05, 4.69) is 15.4 Å². The van der Waals surface area contributed by atoms with Crippen molar-refractivity contribution in [3.63, 3.8) is 0 Å². The van der Waals surface area contributed by atoms with Crippen LogP contribution in [-0.2, 0) is 9.47 Å². The van der Waals surface area contributed by atoms with Gasteiger partial charge in [0.05, 0.1) is 31.0 Å². The van der Waals surface area contributed by atoms with Gasteiger partial charge in [0.25, 0.3) is 0 Å². The summed E-state index contributed by atoms with van der Waals surface area (Å²) in [5.41, 5.74) is 1.48. The quantitative estimate of drug-likeness (QED) is 0.620. The molecule has 0 aliphatic heterocycles. The van der Waals surface area contributed by atoms with Crippen LogP contribution in [0.2, 0.25) is 5.02 Å². The summed E-state index contributed by atoms with van der Waals surface area (Å²) in [6.07, 6.45) is 0. The fourth-order valence-electron chi connectivity index (χ4n) is 2.03. The maximum absolute atomic E-state index is 11.9. The topological polar surface area (TPSA) is 76.7 Å². The highest BCUT2D eigenvalue weighted by molar-refractivity contribution is 7.80. The van der Waals surface area contributed by atoms with Crippen molar-refractivity contribution in [2.75, 3.05) is 24.9 Å². The van der Waals surface area contributed by atoms with Gasteiger partial charge in [0, 0.05) is 10.7 Å². The summed E-state index contributed by atoms with van der Waals surface area (Å²) in [5.74, 6) is -1.10. The molecule has 0 aliphatic carbocycles. The number of anilines is 2. The first-order valence-corrected chi connectivity index (χ1v) is 7.87. The smallest absolute Gasteiger partial charge is 0.339 e. The number of nitrogens with one attached hydrogen (secondary N) is 2. The number of halogens is 1. The zero-order valence-corrected chi connectivity index (χ0v) is 15.0. The third-order valence-corrected chi connectivity index (χ3v) is 3.62. The predicted octanol–water partition coefficient (Wildman–Crippen LogP) is 3.72. The van der Waals surface area contributed by atoms with Crippen molar-refractivity contribution in [3.8, 4) is 0 Å². The number of hydrogen-bond donors (Lipinski definition) is 2. The maximum Gasteiger partial charge on any atom is 0.339 e. The van der Waals surface area contributed by atoms with Gasteiger partial charge in [0.2, 0.25) is 0 Å². The van der Waals surface area contributed by atoms with E-state index < -0.39 is 11.9 Å². The van der Waals surface area contributed by atoms with Crippen molar-refractivity contribution >= 4 is 52.2 Å². The van der Waals surface area contributed by atoms with Crippen LogP contribution in [0.3, 0.4) is 0 Å². The van der Waals surface area contributed by atoms with Gasteiger partial charge in [-0.3, -0.25) is 0 Å². The van der Waals surface area contributed by atoms with E-state index in [1.165, 1.54) is 32.4 Å². The second-order valence-electron chi connectivity index (χ2n) is 4.83. The molecule has 0 aromatic heterocycles. The van der Waals surface area contributed by atoms with Gasteiger partial charge in [-0.15, -0.1) is 0 Å². The zero-order valence-electron chi connectivity index (χ0n) is 13.5. The van der Waals surface area contributed by atoms with Crippen LogP contribution in [0.1, 0.15) is 20.7 Å². The number of carbonyl (C=O) groups is 2. The fourth-order valence-corrected chi connectivity index (χ4v) is 2.45. The van der Waals surface area contributed by atoms with E-state index in [-0.39, 0.29) is 16.2 Å². The summed E-state index contributed by atoms with van der Waals surface area (Å²) in [4.78, 5) is 23.6. The van der Waals surface area contributed by atoms with E-state index in [4.69, 9.17) is 28.6 Å². The van der Waals surface area contributed by atoms with Crippen molar-refractivity contribution in [1.29, 1.82) is 0 Å². The summed E-state index contributed by atoms with van der Waals surface area (Å²) >= 11 is 11.2. The SMILES string of the molecule is COC(=O)c1ccc(C(=O)OC)c(NC(=S)Nc2cccc(Cl)c2)c1. The Labute approximate surface area is 155 Å². The first kappa shape index (κ1) is 18.7. The molecular formula is C17H15ClN2O4S. The van der Waals surface area contributed by atoms with Crippen LogP contribution in [0.4, 0.5) is 11.4 Å². The van der Waals surface area contributed by atoms with Gasteiger partial charge in [-0.1, -0.05) is 17.7 Å². The molecule has 25 heavy (non-hydrogen) atoms. The Bertz CT molecular complexity index is 826. The highest BCUT2D eigenvalue weighted by Crippen LogP contribution is 2.21. The third kappa shape index (κ3) is 4.91. The van der Waals surface area contributed by atoms with E-state index >= 15 is 0 Å². The largest absolute Gasteiger partial charge is 0.465 e. The molecule has 0 unspecified atom stereocenters. The standard InChI is InChI=1S/C17H15ClN2O4S/c1-23-15(21)10-6-7-13(16(22)24-2)14(8-10)20-17(25)19-12-5-3-4-11(18)9-12/h3-9H,1-2H3,(H2,19,20,25). The molecule has 0 amide bonds. The molecule has 0 atom stereocenters. The molecule has 8 heteroatoms. The summed E-state index contributed by atoms with van der Waals surface area (Å²) < 4.78 is 9.43. The number of ether oxygens (including phenoxy) is 2. The molecule has 0 saturated carbocycles. The second-order valence-corrected chi connectivity index (χ2v) is 5.68. The van der Waals surface area contributed by atoms with Gasteiger partial charge < -0.3 is 20.1 Å². The Hall–Kier alpha value is -2.64. The molecule has 0 radical (unpaired) electrons. The molecule has 130 valence electrons. The number of methoxy groups -OCH3 is 2. The van der Waals surface area contributed by atoms with E-state index in [9.17, 15) is 9.59 Å². The van der Waals surface area contributed by atoms with Crippen molar-refractivity contribution < 1.29 is 19.1 Å². The molecule has 0 saturated heterocycles. The normalized spacial score (nSPS) is 9.88. The summed E-state index contributed by atoms with van der Waals surface area (Å²) in [5, 5.41) is 6.60. The van der Waals surface area contributed by atoms with Gasteiger partial charge >= 0.3 is 11.9 Å². The van der Waals surface area contributed by atoms with E-state index in [0.717, 1.165) is 0 Å². The van der Waals surface area contributed by atoms with Crippen LogP contribution in [0, 0.1) is 0 Å². The monoisotopic (exact) mass is 378 g/mol. The minimum absolute atomic E-state index is 0.217. The Kier molecular flexibility index (Phi) is 6.32. The van der Waals surface area contributed by atoms with Crippen molar-refractivity contribution in [2.24, 2.45) is 0 Å². The Morgan fingerprint density at radius 2 is 1.72 bits per heavy atom. The number of hydrogen-bond acceptors (Lipinski definition) is 5. The minimum atomic E-state index is -0.565. The number of carbonyl (C=O) groups excluding carboxylic acids is 2. The minimum Gasteiger partial charge on any atom is -0.465 e. The summed E-state index contributed by atoms with van der Waals surface area (Å²) in [7, 11) is 2.54. The van der Waals surface area contributed by atoms with Crippen molar-refractivity contribution in [1.82, 2.24) is 0 Å². The molecule has 2 aromatic carbocycles. The summed E-state index contributed by atoms with van der Waals surface area (Å²) in [6.45, 7) is 0.